The molecule has 1 fully saturated rings. The van der Waals surface area contributed by atoms with Crippen molar-refractivity contribution >= 4 is 22.7 Å². The standard InChI is InChI=1S/C20H20N4O2/c25-19(18-11-16-13-21-8-7-17(16)23-18)22-12-14-3-5-15(6-4-14)20(26)24-9-1-2-10-24/h3-8,11,13,23H,1-2,9-10,12H2,(H,22,25). The van der Waals surface area contributed by atoms with Gasteiger partial charge in [0.1, 0.15) is 5.69 Å². The summed E-state index contributed by atoms with van der Waals surface area (Å²) in [4.78, 5) is 33.7. The summed E-state index contributed by atoms with van der Waals surface area (Å²) in [5.41, 5.74) is 3.04. The number of hydrogen-bond donors (Lipinski definition) is 2. The first kappa shape index (κ1) is 16.3. The second kappa shape index (κ2) is 7.00. The molecule has 0 spiro atoms. The third-order valence-corrected chi connectivity index (χ3v) is 4.71. The highest BCUT2D eigenvalue weighted by Crippen LogP contribution is 2.15. The van der Waals surface area contributed by atoms with Gasteiger partial charge in [-0.15, -0.1) is 0 Å². The number of benzene rings is 1. The van der Waals surface area contributed by atoms with E-state index in [4.69, 9.17) is 0 Å². The molecule has 2 N–H and O–H groups in total. The summed E-state index contributed by atoms with van der Waals surface area (Å²) in [5, 5.41) is 3.80. The lowest BCUT2D eigenvalue weighted by atomic mass is 10.1. The Hall–Kier alpha value is -3.15. The number of H-pyrrole nitrogens is 1. The van der Waals surface area contributed by atoms with Gasteiger partial charge in [-0.05, 0) is 42.7 Å². The molecule has 1 aliphatic rings. The average Bonchev–Trinajstić information content (AvgIpc) is 3.35. The maximum absolute atomic E-state index is 12.3. The number of carbonyl (C=O) groups excluding carboxylic acids is 2. The molecule has 0 saturated carbocycles. The van der Waals surface area contributed by atoms with Crippen LogP contribution in [0.5, 0.6) is 0 Å². The molecule has 0 atom stereocenters. The fourth-order valence-corrected chi connectivity index (χ4v) is 3.24. The van der Waals surface area contributed by atoms with Crippen LogP contribution in [0.1, 0.15) is 39.3 Å². The molecule has 6 nitrogen and oxygen atoms in total. The van der Waals surface area contributed by atoms with Crippen molar-refractivity contribution in [2.45, 2.75) is 19.4 Å². The molecule has 132 valence electrons. The Kier molecular flexibility index (Phi) is 4.39. The molecule has 0 unspecified atom stereocenters. The number of likely N-dealkylation sites (tertiary alicyclic amines) is 1. The SMILES string of the molecule is O=C(NCc1ccc(C(=O)N2CCCC2)cc1)c1cc2cnccc2[nH]1. The summed E-state index contributed by atoms with van der Waals surface area (Å²) in [6.07, 6.45) is 5.57. The van der Waals surface area contributed by atoms with E-state index in [-0.39, 0.29) is 11.8 Å². The lowest BCUT2D eigenvalue weighted by Gasteiger charge is -2.15. The van der Waals surface area contributed by atoms with E-state index in [1.807, 2.05) is 35.2 Å². The zero-order valence-electron chi connectivity index (χ0n) is 14.4. The molecule has 26 heavy (non-hydrogen) atoms. The van der Waals surface area contributed by atoms with E-state index >= 15 is 0 Å². The molecule has 1 saturated heterocycles. The van der Waals surface area contributed by atoms with Gasteiger partial charge in [-0.2, -0.15) is 0 Å². The Balaban J connectivity index is 1.38. The monoisotopic (exact) mass is 348 g/mol. The highest BCUT2D eigenvalue weighted by Gasteiger charge is 2.19. The molecule has 0 bridgehead atoms. The molecular weight excluding hydrogens is 328 g/mol. The summed E-state index contributed by atoms with van der Waals surface area (Å²) in [5.74, 6) is -0.0804. The number of fused-ring (bicyclic) bond motifs is 1. The fraction of sp³-hybridized carbons (Fsp3) is 0.250. The molecule has 1 aromatic carbocycles. The molecule has 0 aliphatic carbocycles. The molecule has 2 aromatic heterocycles. The normalized spacial score (nSPS) is 13.9. The van der Waals surface area contributed by atoms with Crippen LogP contribution >= 0.6 is 0 Å². The van der Waals surface area contributed by atoms with Gasteiger partial charge in [0, 0.05) is 48.5 Å². The van der Waals surface area contributed by atoms with Crippen molar-refractivity contribution in [3.8, 4) is 0 Å². The highest BCUT2D eigenvalue weighted by atomic mass is 16.2. The van der Waals surface area contributed by atoms with Gasteiger partial charge in [0.25, 0.3) is 11.8 Å². The van der Waals surface area contributed by atoms with E-state index in [0.717, 1.165) is 42.4 Å². The van der Waals surface area contributed by atoms with Crippen molar-refractivity contribution in [1.82, 2.24) is 20.2 Å². The zero-order chi connectivity index (χ0) is 17.9. The summed E-state index contributed by atoms with van der Waals surface area (Å²) >= 11 is 0. The van der Waals surface area contributed by atoms with Crippen LogP contribution in [0.2, 0.25) is 0 Å². The lowest BCUT2D eigenvalue weighted by Crippen LogP contribution is -2.27. The third-order valence-electron chi connectivity index (χ3n) is 4.71. The zero-order valence-corrected chi connectivity index (χ0v) is 14.4. The molecule has 3 aromatic rings. The van der Waals surface area contributed by atoms with Gasteiger partial charge < -0.3 is 15.2 Å². The molecular formula is C20H20N4O2. The maximum atomic E-state index is 12.3. The fourth-order valence-electron chi connectivity index (χ4n) is 3.24. The predicted molar refractivity (Wildman–Crippen MR) is 98.8 cm³/mol. The summed E-state index contributed by atoms with van der Waals surface area (Å²) in [6.45, 7) is 2.10. The molecule has 1 aliphatic heterocycles. The van der Waals surface area contributed by atoms with E-state index in [0.29, 0.717) is 17.8 Å². The van der Waals surface area contributed by atoms with Gasteiger partial charge >= 0.3 is 0 Å². The number of amides is 2. The van der Waals surface area contributed by atoms with Crippen molar-refractivity contribution in [3.63, 3.8) is 0 Å². The predicted octanol–water partition coefficient (Wildman–Crippen LogP) is 2.73. The quantitative estimate of drug-likeness (QED) is 0.761. The Bertz CT molecular complexity index is 907. The van der Waals surface area contributed by atoms with Crippen molar-refractivity contribution in [1.29, 1.82) is 0 Å². The van der Waals surface area contributed by atoms with Crippen LogP contribution in [0, 0.1) is 0 Å². The minimum atomic E-state index is -0.168. The summed E-state index contributed by atoms with van der Waals surface area (Å²) in [7, 11) is 0. The van der Waals surface area contributed by atoms with Gasteiger partial charge in [-0.3, -0.25) is 14.6 Å². The van der Waals surface area contributed by atoms with Crippen LogP contribution in [-0.2, 0) is 6.54 Å². The van der Waals surface area contributed by atoms with Crippen LogP contribution in [0.3, 0.4) is 0 Å². The number of hydrogen-bond acceptors (Lipinski definition) is 3. The van der Waals surface area contributed by atoms with E-state index in [1.165, 1.54) is 0 Å². The Morgan fingerprint density at radius 3 is 2.62 bits per heavy atom. The number of pyridine rings is 1. The lowest BCUT2D eigenvalue weighted by molar-refractivity contribution is 0.0792. The molecule has 2 amide bonds. The van der Waals surface area contributed by atoms with Gasteiger partial charge in [-0.25, -0.2) is 0 Å². The second-order valence-electron chi connectivity index (χ2n) is 6.52. The number of rotatable bonds is 4. The number of aromatic nitrogens is 2. The number of nitrogens with zero attached hydrogens (tertiary/aromatic N) is 2. The summed E-state index contributed by atoms with van der Waals surface area (Å²) < 4.78 is 0. The van der Waals surface area contributed by atoms with Crippen LogP contribution in [0.4, 0.5) is 0 Å². The largest absolute Gasteiger partial charge is 0.350 e. The van der Waals surface area contributed by atoms with Gasteiger partial charge in [0.15, 0.2) is 0 Å². The smallest absolute Gasteiger partial charge is 0.267 e. The second-order valence-corrected chi connectivity index (χ2v) is 6.52. The van der Waals surface area contributed by atoms with Crippen LogP contribution < -0.4 is 5.32 Å². The number of nitrogens with one attached hydrogen (secondary N) is 2. The van der Waals surface area contributed by atoms with E-state index in [1.54, 1.807) is 18.5 Å². The average molecular weight is 348 g/mol. The van der Waals surface area contributed by atoms with Crippen molar-refractivity contribution in [2.75, 3.05) is 13.1 Å². The van der Waals surface area contributed by atoms with Crippen molar-refractivity contribution < 1.29 is 9.59 Å². The van der Waals surface area contributed by atoms with Crippen molar-refractivity contribution in [3.05, 3.63) is 65.6 Å². The number of aromatic amines is 1. The van der Waals surface area contributed by atoms with E-state index in [2.05, 4.69) is 15.3 Å². The Morgan fingerprint density at radius 2 is 1.88 bits per heavy atom. The first-order valence-corrected chi connectivity index (χ1v) is 8.80. The van der Waals surface area contributed by atoms with Gasteiger partial charge in [0.05, 0.1) is 0 Å². The van der Waals surface area contributed by atoms with Crippen LogP contribution in [0.25, 0.3) is 10.9 Å². The molecule has 3 heterocycles. The first-order chi connectivity index (χ1) is 12.7. The minimum absolute atomic E-state index is 0.0878. The number of carbonyl (C=O) groups is 2. The minimum Gasteiger partial charge on any atom is -0.350 e. The van der Waals surface area contributed by atoms with Crippen molar-refractivity contribution in [2.24, 2.45) is 0 Å². The first-order valence-electron chi connectivity index (χ1n) is 8.80. The van der Waals surface area contributed by atoms with E-state index in [9.17, 15) is 9.59 Å². The van der Waals surface area contributed by atoms with Gasteiger partial charge in [0.2, 0.25) is 0 Å². The van der Waals surface area contributed by atoms with Gasteiger partial charge in [-0.1, -0.05) is 12.1 Å². The third kappa shape index (κ3) is 3.31. The van der Waals surface area contributed by atoms with E-state index < -0.39 is 0 Å². The molecule has 6 heteroatoms. The molecule has 4 rings (SSSR count). The molecule has 0 radical (unpaired) electrons. The van der Waals surface area contributed by atoms with Crippen LogP contribution in [0.15, 0.2) is 48.8 Å². The maximum Gasteiger partial charge on any atom is 0.267 e. The Labute approximate surface area is 151 Å². The summed E-state index contributed by atoms with van der Waals surface area (Å²) in [6, 6.07) is 11.1. The van der Waals surface area contributed by atoms with Crippen LogP contribution in [-0.4, -0.2) is 39.8 Å². The Morgan fingerprint density at radius 1 is 1.12 bits per heavy atom. The topological polar surface area (TPSA) is 78.1 Å². The highest BCUT2D eigenvalue weighted by molar-refractivity contribution is 5.97.